The standard InChI is InChI=1S/C18H20N2O3/c1-13(2)17(21)19-20-18(22)15-10-8-14(9-11-15)12-23-16-6-4-3-5-7-16/h3-11,13H,12H2,1-2H3,(H,19,21)(H,20,22). The molecule has 0 unspecified atom stereocenters. The van der Waals surface area contributed by atoms with Crippen molar-refractivity contribution >= 4 is 11.8 Å². The molecule has 0 aromatic heterocycles. The molecule has 0 aliphatic rings. The zero-order valence-corrected chi connectivity index (χ0v) is 13.2. The van der Waals surface area contributed by atoms with Crippen molar-refractivity contribution in [1.82, 2.24) is 10.9 Å². The molecular weight excluding hydrogens is 292 g/mol. The molecule has 0 saturated carbocycles. The molecule has 23 heavy (non-hydrogen) atoms. The summed E-state index contributed by atoms with van der Waals surface area (Å²) < 4.78 is 5.64. The van der Waals surface area contributed by atoms with Gasteiger partial charge in [0.2, 0.25) is 5.91 Å². The van der Waals surface area contributed by atoms with Crippen LogP contribution in [0.4, 0.5) is 0 Å². The molecule has 0 aliphatic carbocycles. The molecule has 0 spiro atoms. The van der Waals surface area contributed by atoms with E-state index in [2.05, 4.69) is 10.9 Å². The molecule has 0 fully saturated rings. The Morgan fingerprint density at radius 3 is 2.22 bits per heavy atom. The topological polar surface area (TPSA) is 67.4 Å². The number of rotatable bonds is 5. The number of carbonyl (C=O) groups excluding carboxylic acids is 2. The summed E-state index contributed by atoms with van der Waals surface area (Å²) in [6, 6.07) is 16.6. The van der Waals surface area contributed by atoms with E-state index in [1.807, 2.05) is 42.5 Å². The van der Waals surface area contributed by atoms with Gasteiger partial charge in [0.25, 0.3) is 5.91 Å². The number of amides is 2. The van der Waals surface area contributed by atoms with Gasteiger partial charge in [-0.15, -0.1) is 0 Å². The zero-order valence-electron chi connectivity index (χ0n) is 13.2. The molecule has 120 valence electrons. The van der Waals surface area contributed by atoms with Gasteiger partial charge in [-0.25, -0.2) is 0 Å². The van der Waals surface area contributed by atoms with E-state index in [1.54, 1.807) is 26.0 Å². The van der Waals surface area contributed by atoms with Crippen molar-refractivity contribution in [2.24, 2.45) is 5.92 Å². The molecule has 0 saturated heterocycles. The summed E-state index contributed by atoms with van der Waals surface area (Å²) in [7, 11) is 0. The Labute approximate surface area is 135 Å². The fourth-order valence-electron chi connectivity index (χ4n) is 1.77. The van der Waals surface area contributed by atoms with Gasteiger partial charge in [-0.2, -0.15) is 0 Å². The minimum Gasteiger partial charge on any atom is -0.489 e. The normalized spacial score (nSPS) is 10.2. The third kappa shape index (κ3) is 5.14. The second-order valence-corrected chi connectivity index (χ2v) is 5.40. The number of hydrazine groups is 1. The van der Waals surface area contributed by atoms with Crippen LogP contribution in [-0.4, -0.2) is 11.8 Å². The van der Waals surface area contributed by atoms with Gasteiger partial charge in [-0.1, -0.05) is 44.2 Å². The van der Waals surface area contributed by atoms with Gasteiger partial charge in [0.15, 0.2) is 0 Å². The fourth-order valence-corrected chi connectivity index (χ4v) is 1.77. The molecule has 0 aliphatic heterocycles. The first-order valence-corrected chi connectivity index (χ1v) is 7.43. The first-order valence-electron chi connectivity index (χ1n) is 7.43. The second-order valence-electron chi connectivity index (χ2n) is 5.40. The molecule has 5 heteroatoms. The monoisotopic (exact) mass is 312 g/mol. The summed E-state index contributed by atoms with van der Waals surface area (Å²) in [5, 5.41) is 0. The van der Waals surface area contributed by atoms with Crippen LogP contribution in [0.25, 0.3) is 0 Å². The highest BCUT2D eigenvalue weighted by atomic mass is 16.5. The van der Waals surface area contributed by atoms with Gasteiger partial charge < -0.3 is 4.74 Å². The number of hydrogen-bond donors (Lipinski definition) is 2. The molecule has 2 aromatic carbocycles. The van der Waals surface area contributed by atoms with E-state index in [-0.39, 0.29) is 17.7 Å². The predicted octanol–water partition coefficient (Wildman–Crippen LogP) is 2.68. The third-order valence-electron chi connectivity index (χ3n) is 3.19. The van der Waals surface area contributed by atoms with Gasteiger partial charge >= 0.3 is 0 Å². The first kappa shape index (κ1) is 16.5. The molecule has 2 aromatic rings. The van der Waals surface area contributed by atoms with E-state index in [0.29, 0.717) is 12.2 Å². The fraction of sp³-hybridized carbons (Fsp3) is 0.222. The largest absolute Gasteiger partial charge is 0.489 e. The number of para-hydroxylation sites is 1. The van der Waals surface area contributed by atoms with Crippen molar-refractivity contribution in [3.05, 3.63) is 65.7 Å². The second kappa shape index (κ2) is 7.98. The van der Waals surface area contributed by atoms with Crippen LogP contribution in [0.3, 0.4) is 0 Å². The Bertz CT molecular complexity index is 652. The van der Waals surface area contributed by atoms with E-state index >= 15 is 0 Å². The number of ether oxygens (including phenoxy) is 1. The van der Waals surface area contributed by atoms with Crippen molar-refractivity contribution in [3.63, 3.8) is 0 Å². The highest BCUT2D eigenvalue weighted by molar-refractivity contribution is 5.95. The minimum atomic E-state index is -0.352. The lowest BCUT2D eigenvalue weighted by atomic mass is 10.1. The van der Waals surface area contributed by atoms with Crippen molar-refractivity contribution < 1.29 is 14.3 Å². The summed E-state index contributed by atoms with van der Waals surface area (Å²) in [6.07, 6.45) is 0. The summed E-state index contributed by atoms with van der Waals surface area (Å²) in [6.45, 7) is 3.93. The maximum Gasteiger partial charge on any atom is 0.269 e. The van der Waals surface area contributed by atoms with Crippen molar-refractivity contribution in [2.75, 3.05) is 0 Å². The molecule has 0 bridgehead atoms. The lowest BCUT2D eigenvalue weighted by Gasteiger charge is -2.10. The average Bonchev–Trinajstić information content (AvgIpc) is 2.58. The molecular formula is C18H20N2O3. The number of carbonyl (C=O) groups is 2. The maximum atomic E-state index is 11.9. The van der Waals surface area contributed by atoms with Crippen molar-refractivity contribution in [1.29, 1.82) is 0 Å². The van der Waals surface area contributed by atoms with E-state index in [4.69, 9.17) is 4.74 Å². The maximum absolute atomic E-state index is 11.9. The van der Waals surface area contributed by atoms with Crippen LogP contribution in [0.5, 0.6) is 5.75 Å². The van der Waals surface area contributed by atoms with Gasteiger partial charge in [0, 0.05) is 11.5 Å². The van der Waals surface area contributed by atoms with Crippen LogP contribution < -0.4 is 15.6 Å². The third-order valence-corrected chi connectivity index (χ3v) is 3.19. The zero-order chi connectivity index (χ0) is 16.7. The average molecular weight is 312 g/mol. The van der Waals surface area contributed by atoms with E-state index < -0.39 is 0 Å². The molecule has 2 N–H and O–H groups in total. The summed E-state index contributed by atoms with van der Waals surface area (Å²) in [4.78, 5) is 23.3. The minimum absolute atomic E-state index is 0.187. The van der Waals surface area contributed by atoms with Gasteiger partial charge in [-0.05, 0) is 29.8 Å². The number of nitrogens with one attached hydrogen (secondary N) is 2. The van der Waals surface area contributed by atoms with Gasteiger partial charge in [-0.3, -0.25) is 20.4 Å². The molecule has 0 atom stereocenters. The van der Waals surface area contributed by atoms with Crippen LogP contribution in [0, 0.1) is 5.92 Å². The predicted molar refractivity (Wildman–Crippen MR) is 87.7 cm³/mol. The molecule has 0 heterocycles. The Kier molecular flexibility index (Phi) is 5.74. The Morgan fingerprint density at radius 2 is 1.61 bits per heavy atom. The number of benzene rings is 2. The SMILES string of the molecule is CC(C)C(=O)NNC(=O)c1ccc(COc2ccccc2)cc1. The van der Waals surface area contributed by atoms with E-state index in [1.165, 1.54) is 0 Å². The van der Waals surface area contributed by atoms with Crippen LogP contribution in [0.2, 0.25) is 0 Å². The molecule has 0 radical (unpaired) electrons. The van der Waals surface area contributed by atoms with Crippen molar-refractivity contribution in [3.8, 4) is 5.75 Å². The number of hydrogen-bond acceptors (Lipinski definition) is 3. The Morgan fingerprint density at radius 1 is 0.957 bits per heavy atom. The van der Waals surface area contributed by atoms with Gasteiger partial charge in [0.05, 0.1) is 0 Å². The smallest absolute Gasteiger partial charge is 0.269 e. The molecule has 5 nitrogen and oxygen atoms in total. The highest BCUT2D eigenvalue weighted by Crippen LogP contribution is 2.12. The summed E-state index contributed by atoms with van der Waals surface area (Å²) >= 11 is 0. The van der Waals surface area contributed by atoms with Crippen LogP contribution >= 0.6 is 0 Å². The molecule has 2 rings (SSSR count). The Hall–Kier alpha value is -2.82. The molecule has 2 amide bonds. The quantitative estimate of drug-likeness (QED) is 0.834. The van der Waals surface area contributed by atoms with Crippen LogP contribution in [0.1, 0.15) is 29.8 Å². The van der Waals surface area contributed by atoms with Crippen LogP contribution in [-0.2, 0) is 11.4 Å². The highest BCUT2D eigenvalue weighted by Gasteiger charge is 2.09. The van der Waals surface area contributed by atoms with E-state index in [0.717, 1.165) is 11.3 Å². The van der Waals surface area contributed by atoms with Gasteiger partial charge in [0.1, 0.15) is 12.4 Å². The first-order chi connectivity index (χ1) is 11.1. The summed E-state index contributed by atoms with van der Waals surface area (Å²) in [5.74, 6) is 0.0271. The Balaban J connectivity index is 1.86. The van der Waals surface area contributed by atoms with Crippen molar-refractivity contribution in [2.45, 2.75) is 20.5 Å². The lowest BCUT2D eigenvalue weighted by molar-refractivity contribution is -0.124. The van der Waals surface area contributed by atoms with Crippen LogP contribution in [0.15, 0.2) is 54.6 Å². The lowest BCUT2D eigenvalue weighted by Crippen LogP contribution is -2.43. The van der Waals surface area contributed by atoms with E-state index in [9.17, 15) is 9.59 Å². The summed E-state index contributed by atoms with van der Waals surface area (Å²) in [5.41, 5.74) is 6.19.